The Bertz CT molecular complexity index is 132. The standard InChI is InChI=1S/C11H25ClOSi/c1-11(2,3)13-9-7-5-6-8-10-14(4)12/h14H,5-10H2,1-4H3. The molecule has 0 saturated heterocycles. The van der Waals surface area contributed by atoms with Crippen molar-refractivity contribution in [1.82, 2.24) is 0 Å². The summed E-state index contributed by atoms with van der Waals surface area (Å²) in [4.78, 5) is 0. The Kier molecular flexibility index (Phi) is 7.98. The molecule has 0 fully saturated rings. The first-order chi connectivity index (χ1) is 6.42. The van der Waals surface area contributed by atoms with E-state index in [0.717, 1.165) is 6.61 Å². The zero-order chi connectivity index (χ0) is 11.0. The molecule has 0 N–H and O–H groups in total. The van der Waals surface area contributed by atoms with Crippen molar-refractivity contribution in [3.8, 4) is 0 Å². The van der Waals surface area contributed by atoms with Crippen LogP contribution in [-0.2, 0) is 4.74 Å². The van der Waals surface area contributed by atoms with Gasteiger partial charge in [0.1, 0.15) is 8.11 Å². The van der Waals surface area contributed by atoms with Crippen LogP contribution in [0, 0.1) is 0 Å². The van der Waals surface area contributed by atoms with Crippen LogP contribution < -0.4 is 0 Å². The lowest BCUT2D eigenvalue weighted by Gasteiger charge is -2.19. The van der Waals surface area contributed by atoms with Crippen molar-refractivity contribution < 1.29 is 4.74 Å². The van der Waals surface area contributed by atoms with Crippen LogP contribution in [0.3, 0.4) is 0 Å². The van der Waals surface area contributed by atoms with Crippen molar-refractivity contribution in [2.45, 2.75) is 64.6 Å². The summed E-state index contributed by atoms with van der Waals surface area (Å²) < 4.78 is 5.64. The van der Waals surface area contributed by atoms with E-state index in [4.69, 9.17) is 15.8 Å². The van der Waals surface area contributed by atoms with E-state index in [2.05, 4.69) is 27.3 Å². The molecule has 0 aliphatic heterocycles. The molecule has 3 heteroatoms. The maximum atomic E-state index is 5.99. The molecule has 0 aromatic carbocycles. The molecule has 0 rings (SSSR count). The van der Waals surface area contributed by atoms with Gasteiger partial charge in [0.05, 0.1) is 5.60 Å². The number of ether oxygens (including phenoxy) is 1. The molecule has 1 atom stereocenters. The number of rotatable bonds is 7. The van der Waals surface area contributed by atoms with E-state index in [1.54, 1.807) is 0 Å². The molecular weight excluding hydrogens is 212 g/mol. The molecule has 0 saturated carbocycles. The van der Waals surface area contributed by atoms with Gasteiger partial charge in [0.2, 0.25) is 0 Å². The van der Waals surface area contributed by atoms with Crippen LogP contribution in [0.15, 0.2) is 0 Å². The summed E-state index contributed by atoms with van der Waals surface area (Å²) in [5.41, 5.74) is 0.0254. The highest BCUT2D eigenvalue weighted by Crippen LogP contribution is 2.11. The lowest BCUT2D eigenvalue weighted by atomic mass is 10.2. The zero-order valence-electron chi connectivity index (χ0n) is 10.1. The van der Waals surface area contributed by atoms with Gasteiger partial charge in [0, 0.05) is 6.61 Å². The molecule has 1 unspecified atom stereocenters. The van der Waals surface area contributed by atoms with Crippen molar-refractivity contribution >= 4 is 19.2 Å². The number of hydrogen-bond donors (Lipinski definition) is 0. The monoisotopic (exact) mass is 236 g/mol. The molecule has 14 heavy (non-hydrogen) atoms. The van der Waals surface area contributed by atoms with Gasteiger partial charge in [-0.1, -0.05) is 25.8 Å². The molecule has 0 heterocycles. The van der Waals surface area contributed by atoms with E-state index >= 15 is 0 Å². The molecule has 1 nitrogen and oxygen atoms in total. The minimum Gasteiger partial charge on any atom is -0.376 e. The highest BCUT2D eigenvalue weighted by Gasteiger charge is 2.08. The Morgan fingerprint density at radius 2 is 1.64 bits per heavy atom. The summed E-state index contributed by atoms with van der Waals surface area (Å²) in [6, 6.07) is 1.28. The lowest BCUT2D eigenvalue weighted by molar-refractivity contribution is -0.00471. The third kappa shape index (κ3) is 12.5. The van der Waals surface area contributed by atoms with E-state index in [1.807, 2.05) is 0 Å². The van der Waals surface area contributed by atoms with Crippen molar-refractivity contribution in [3.63, 3.8) is 0 Å². The predicted octanol–water partition coefficient (Wildman–Crippen LogP) is 3.95. The molecule has 0 radical (unpaired) electrons. The Morgan fingerprint density at radius 1 is 1.07 bits per heavy atom. The molecule has 0 amide bonds. The van der Waals surface area contributed by atoms with E-state index < -0.39 is 8.11 Å². The topological polar surface area (TPSA) is 9.23 Å². The quantitative estimate of drug-likeness (QED) is 0.370. The van der Waals surface area contributed by atoms with Gasteiger partial charge >= 0.3 is 0 Å². The summed E-state index contributed by atoms with van der Waals surface area (Å²) in [6.07, 6.45) is 5.10. The minimum atomic E-state index is -0.816. The molecular formula is C11H25ClOSi. The average Bonchev–Trinajstić information content (AvgIpc) is 2.00. The van der Waals surface area contributed by atoms with Gasteiger partial charge in [-0.15, -0.1) is 0 Å². The molecule has 0 aromatic rings. The van der Waals surface area contributed by atoms with Crippen LogP contribution in [0.2, 0.25) is 12.6 Å². The van der Waals surface area contributed by atoms with Crippen LogP contribution in [0.1, 0.15) is 46.5 Å². The largest absolute Gasteiger partial charge is 0.376 e. The van der Waals surface area contributed by atoms with Crippen molar-refractivity contribution in [2.75, 3.05) is 6.61 Å². The SMILES string of the molecule is C[SiH](Cl)CCCCCCOC(C)(C)C. The molecule has 0 spiro atoms. The Balaban J connectivity index is 3.07. The average molecular weight is 237 g/mol. The molecule has 0 aliphatic rings. The van der Waals surface area contributed by atoms with Crippen LogP contribution in [0.4, 0.5) is 0 Å². The second-order valence-corrected chi connectivity index (χ2v) is 9.32. The van der Waals surface area contributed by atoms with Crippen LogP contribution in [-0.4, -0.2) is 20.3 Å². The van der Waals surface area contributed by atoms with E-state index in [-0.39, 0.29) is 5.60 Å². The highest BCUT2D eigenvalue weighted by molar-refractivity contribution is 7.06. The summed E-state index contributed by atoms with van der Waals surface area (Å²) in [7, 11) is -0.816. The zero-order valence-corrected chi connectivity index (χ0v) is 12.0. The third-order valence-electron chi connectivity index (χ3n) is 2.03. The first-order valence-corrected chi connectivity index (χ1v) is 9.41. The Hall–Kier alpha value is 0.467. The first-order valence-electron chi connectivity index (χ1n) is 5.70. The normalized spacial score (nSPS) is 14.4. The molecule has 0 bridgehead atoms. The van der Waals surface area contributed by atoms with E-state index in [9.17, 15) is 0 Å². The number of hydrogen-bond acceptors (Lipinski definition) is 1. The highest BCUT2D eigenvalue weighted by atomic mass is 35.6. The van der Waals surface area contributed by atoms with Crippen LogP contribution in [0.25, 0.3) is 0 Å². The van der Waals surface area contributed by atoms with E-state index in [1.165, 1.54) is 31.7 Å². The van der Waals surface area contributed by atoms with Gasteiger partial charge in [0.15, 0.2) is 0 Å². The molecule has 0 aliphatic carbocycles. The van der Waals surface area contributed by atoms with Crippen molar-refractivity contribution in [3.05, 3.63) is 0 Å². The summed E-state index contributed by atoms with van der Waals surface area (Å²) in [5, 5.41) is 0. The smallest absolute Gasteiger partial charge is 0.138 e. The summed E-state index contributed by atoms with van der Waals surface area (Å²) in [6.45, 7) is 9.41. The molecule has 0 aromatic heterocycles. The summed E-state index contributed by atoms with van der Waals surface area (Å²) >= 11 is 5.99. The van der Waals surface area contributed by atoms with Crippen LogP contribution in [0.5, 0.6) is 0 Å². The maximum absolute atomic E-state index is 5.99. The summed E-state index contributed by atoms with van der Waals surface area (Å²) in [5.74, 6) is 0. The van der Waals surface area contributed by atoms with Gasteiger partial charge in [-0.2, -0.15) is 11.1 Å². The van der Waals surface area contributed by atoms with Gasteiger partial charge in [-0.25, -0.2) is 0 Å². The predicted molar refractivity (Wildman–Crippen MR) is 67.8 cm³/mol. The van der Waals surface area contributed by atoms with Gasteiger partial charge in [-0.05, 0) is 33.2 Å². The fourth-order valence-electron chi connectivity index (χ4n) is 1.26. The van der Waals surface area contributed by atoms with Crippen molar-refractivity contribution in [2.24, 2.45) is 0 Å². The van der Waals surface area contributed by atoms with Gasteiger partial charge in [-0.3, -0.25) is 0 Å². The second-order valence-electron chi connectivity index (χ2n) is 4.94. The third-order valence-corrected chi connectivity index (χ3v) is 3.89. The lowest BCUT2D eigenvalue weighted by Crippen LogP contribution is -2.19. The fraction of sp³-hybridized carbons (Fsp3) is 1.00. The molecule has 86 valence electrons. The van der Waals surface area contributed by atoms with E-state index in [0.29, 0.717) is 0 Å². The Labute approximate surface area is 95.5 Å². The Morgan fingerprint density at radius 3 is 2.14 bits per heavy atom. The fourth-order valence-corrected chi connectivity index (χ4v) is 2.57. The van der Waals surface area contributed by atoms with Crippen molar-refractivity contribution in [1.29, 1.82) is 0 Å². The number of unbranched alkanes of at least 4 members (excludes halogenated alkanes) is 3. The van der Waals surface area contributed by atoms with Gasteiger partial charge < -0.3 is 4.74 Å². The number of halogens is 1. The second kappa shape index (κ2) is 7.72. The first kappa shape index (κ1) is 14.5. The van der Waals surface area contributed by atoms with Crippen LogP contribution >= 0.6 is 11.1 Å². The van der Waals surface area contributed by atoms with Gasteiger partial charge in [0.25, 0.3) is 0 Å². The minimum absolute atomic E-state index is 0.0254. The maximum Gasteiger partial charge on any atom is 0.138 e.